The van der Waals surface area contributed by atoms with Gasteiger partial charge >= 0.3 is 23.9 Å². The number of nitrogens with two attached hydrogens (primary N) is 1. The molecule has 6 rings (SSSR count). The molecule has 0 bridgehead atoms. The number of carbonyl (C=O) groups excluding carboxylic acids is 4. The number of halogens is 7. The van der Waals surface area contributed by atoms with Crippen molar-refractivity contribution >= 4 is 94.8 Å². The zero-order valence-corrected chi connectivity index (χ0v) is 70.8. The number of sulfonamides is 3. The van der Waals surface area contributed by atoms with E-state index in [1.165, 1.54) is 112 Å². The molecule has 2 amide bonds. The lowest BCUT2D eigenvalue weighted by Crippen LogP contribution is -2.38. The van der Waals surface area contributed by atoms with Gasteiger partial charge in [0.2, 0.25) is 30.1 Å². The van der Waals surface area contributed by atoms with Gasteiger partial charge in [0.05, 0.1) is 147 Å². The average Bonchev–Trinajstić information content (AvgIpc) is 0.822. The number of carbonyl (C=O) groups is 4. The lowest BCUT2D eigenvalue weighted by Gasteiger charge is -2.11. The number of nitrogens with one attached hydrogen (secondary N) is 5. The predicted molar refractivity (Wildman–Crippen MR) is 433 cm³/mol. The number of esters is 3. The van der Waals surface area contributed by atoms with Crippen LogP contribution in [0.15, 0.2) is 141 Å². The maximum absolute atomic E-state index is 14.7. The molecule has 0 heterocycles. The molecule has 0 saturated carbocycles. The van der Waals surface area contributed by atoms with Crippen LogP contribution in [-0.4, -0.2) is 219 Å². The first-order valence-electron chi connectivity index (χ1n) is 37.3. The summed E-state index contributed by atoms with van der Waals surface area (Å²) >= 11 is 1.96. The van der Waals surface area contributed by atoms with Crippen LogP contribution in [0.3, 0.4) is 0 Å². The maximum Gasteiger partial charge on any atom is 0.338 e. The summed E-state index contributed by atoms with van der Waals surface area (Å²) in [6.45, 7) is 13.9. The van der Waals surface area contributed by atoms with E-state index in [-0.39, 0.29) is 191 Å². The smallest absolute Gasteiger partial charge is 0.338 e. The van der Waals surface area contributed by atoms with Crippen LogP contribution >= 0.6 is 22.6 Å². The molecule has 0 unspecified atom stereocenters. The average molecular weight is 1860 g/mol. The summed E-state index contributed by atoms with van der Waals surface area (Å²) in [5.41, 5.74) is 8.23. The molecule has 0 aliphatic carbocycles. The number of ether oxygens (including phenoxy) is 14. The van der Waals surface area contributed by atoms with Crippen molar-refractivity contribution in [2.24, 2.45) is 5.73 Å². The Morgan fingerprint density at radius 3 is 0.874 bits per heavy atom. The Kier molecular flexibility index (Phi) is 48.1. The third-order valence-electron chi connectivity index (χ3n) is 14.8. The highest BCUT2D eigenvalue weighted by Gasteiger charge is 2.22. The third-order valence-corrected chi connectivity index (χ3v) is 19.3. The summed E-state index contributed by atoms with van der Waals surface area (Å²) < 4.78 is 250. The van der Waals surface area contributed by atoms with Crippen molar-refractivity contribution in [3.05, 3.63) is 178 Å². The first-order valence-corrected chi connectivity index (χ1v) is 42.6. The SMILES string of the molecule is CCOC(=O)/C(C)=C/c1cc(F)c(Oc2ccc(S(=O)(=O)NCCOCCOCCOCCN)cc2)c(F)c1.CCOC(=O)/C(C)=C/c1cc(F)c(Oc2ccc(S(=O)(=O)NCCOCCOCCOCCNC(=O)NOCCOCCOCCNS(=O)(=O)c3ccc(Oc4c(F)cc(/C=C(\C)C(=O)OCC)cc4F)cc3)cc2)c(F)c1.[2H]CI. The fourth-order valence-electron chi connectivity index (χ4n) is 9.33. The van der Waals surface area contributed by atoms with Gasteiger partial charge in [-0.05, 0) is 191 Å². The molecule has 0 atom stereocenters. The third kappa shape index (κ3) is 39.6. The molecule has 119 heavy (non-hydrogen) atoms. The van der Waals surface area contributed by atoms with Crippen molar-refractivity contribution < 1.29 is 143 Å². The fraction of sp³-hybridized carbons (Fsp3) is 0.410. The second kappa shape index (κ2) is 56.7. The van der Waals surface area contributed by atoms with Gasteiger partial charge in [-0.3, -0.25) is 4.84 Å². The van der Waals surface area contributed by atoms with Crippen LogP contribution in [0.2, 0.25) is 0 Å². The largest absolute Gasteiger partial charge is 0.463 e. The number of hydrogen-bond donors (Lipinski definition) is 6. The van der Waals surface area contributed by atoms with Crippen molar-refractivity contribution in [2.45, 2.75) is 56.2 Å². The van der Waals surface area contributed by atoms with E-state index in [4.69, 9.17) is 78.3 Å². The Hall–Kier alpha value is -8.74. The van der Waals surface area contributed by atoms with Crippen LogP contribution in [0.25, 0.3) is 18.2 Å². The minimum Gasteiger partial charge on any atom is -0.463 e. The fourth-order valence-corrected chi connectivity index (χ4v) is 12.4. The molecule has 0 saturated heterocycles. The highest BCUT2D eigenvalue weighted by Crippen LogP contribution is 2.34. The van der Waals surface area contributed by atoms with Crippen LogP contribution in [0.1, 0.15) is 59.6 Å². The van der Waals surface area contributed by atoms with Crippen molar-refractivity contribution in [1.82, 2.24) is 25.0 Å². The molecule has 31 nitrogen and oxygen atoms in total. The zero-order chi connectivity index (χ0) is 88.3. The Morgan fingerprint density at radius 1 is 0.387 bits per heavy atom. The van der Waals surface area contributed by atoms with Crippen molar-refractivity contribution in [3.63, 3.8) is 0 Å². The quantitative estimate of drug-likeness (QED) is 0.00302. The summed E-state index contributed by atoms with van der Waals surface area (Å²) in [6, 6.07) is 20.2. The number of hydroxylamine groups is 1. The van der Waals surface area contributed by atoms with E-state index in [2.05, 4.69) is 25.0 Å². The molecule has 0 spiro atoms. The summed E-state index contributed by atoms with van der Waals surface area (Å²) in [7, 11) is -11.7. The molecular formula is C78H99F6IN6O25S3. The molecule has 6 aromatic rings. The van der Waals surface area contributed by atoms with Crippen LogP contribution in [0, 0.1) is 34.9 Å². The minimum absolute atomic E-state index is 0.0208. The number of alkyl halides is 1. The molecule has 0 radical (unpaired) electrons. The van der Waals surface area contributed by atoms with Crippen LogP contribution in [0.5, 0.6) is 34.5 Å². The monoisotopic (exact) mass is 1860 g/mol. The van der Waals surface area contributed by atoms with Gasteiger partial charge in [-0.1, -0.05) is 22.6 Å². The molecule has 41 heteroatoms. The highest BCUT2D eigenvalue weighted by atomic mass is 127. The summed E-state index contributed by atoms with van der Waals surface area (Å²) in [6.07, 6.45) is 3.83. The lowest BCUT2D eigenvalue weighted by molar-refractivity contribution is -0.139. The van der Waals surface area contributed by atoms with Crippen molar-refractivity contribution in [3.8, 4) is 34.5 Å². The first-order chi connectivity index (χ1) is 57.4. The topological polar surface area (TPSA) is 395 Å². The lowest BCUT2D eigenvalue weighted by atomic mass is 10.1. The Balaban J connectivity index is 0.000000600. The molecule has 0 fully saturated rings. The molecular weight excluding hydrogens is 1760 g/mol. The first kappa shape index (κ1) is 101. The van der Waals surface area contributed by atoms with Gasteiger partial charge in [-0.2, -0.15) is 0 Å². The number of urea groups is 1. The van der Waals surface area contributed by atoms with Gasteiger partial charge in [0.25, 0.3) is 0 Å². The van der Waals surface area contributed by atoms with E-state index < -0.39 is 106 Å². The predicted octanol–water partition coefficient (Wildman–Crippen LogP) is 10.4. The number of rotatable bonds is 54. The standard InChI is InChI=1S/C51H62F4N4O17S2.C26H34F2N2O8S.CH3I/c1-5-72-49(60)35(3)29-37-31-43(52)47(44(53)32-37)75-39-7-11-41(12-8-39)77(63,64)57-16-19-68-22-25-70-24-21-67-18-15-56-51(62)59-74-28-27-71-26-23-69-20-17-58-78(65,66)42-13-9-40(10-14-42)76-48-45(54)33-38(34-46(48)55)30-36(4)50(61)73-6-2;1-3-37-26(31)19(2)16-20-17-23(27)25(24(28)18-20)38-21-4-6-22(7-5-21)39(32,33)30-9-11-35-13-15-36-14-12-34-10-8-29;1-2/h7-14,29-34,57-58H,5-6,15-28H2,1-4H3,(H2,56,59,62);4-7,16-18,30H,3,8-15,29H2,1-2H3;1H3/b35-29+,36-30+;19-16+;/i;;1D. The summed E-state index contributed by atoms with van der Waals surface area (Å²) in [5, 5.41) is 2.53. The van der Waals surface area contributed by atoms with Gasteiger partial charge in [-0.15, -0.1) is 0 Å². The van der Waals surface area contributed by atoms with E-state index in [1.807, 2.05) is 22.6 Å². The maximum atomic E-state index is 14.7. The minimum atomic E-state index is -3.96. The molecule has 6 aromatic carbocycles. The second-order valence-corrected chi connectivity index (χ2v) is 29.2. The van der Waals surface area contributed by atoms with Gasteiger partial charge in [0, 0.05) is 50.8 Å². The Labute approximate surface area is 702 Å². The second-order valence-electron chi connectivity index (χ2n) is 23.9. The number of hydrogen-bond acceptors (Lipinski definition) is 26. The van der Waals surface area contributed by atoms with E-state index in [0.29, 0.717) is 44.5 Å². The van der Waals surface area contributed by atoms with Gasteiger partial charge in [0.15, 0.2) is 52.2 Å². The van der Waals surface area contributed by atoms with Crippen molar-refractivity contribution in [2.75, 3.05) is 170 Å². The Morgan fingerprint density at radius 2 is 0.622 bits per heavy atom. The zero-order valence-electron chi connectivity index (χ0n) is 67.2. The van der Waals surface area contributed by atoms with Crippen molar-refractivity contribution in [1.29, 1.82) is 0 Å². The van der Waals surface area contributed by atoms with E-state index in [0.717, 1.165) is 36.4 Å². The summed E-state index contributed by atoms with van der Waals surface area (Å²) in [4.78, 5) is 52.4. The molecule has 0 aliphatic heterocycles. The summed E-state index contributed by atoms with van der Waals surface area (Å²) in [5.74, 6) is -10.1. The van der Waals surface area contributed by atoms with Gasteiger partial charge < -0.3 is 77.4 Å². The van der Waals surface area contributed by atoms with E-state index in [1.54, 1.807) is 20.8 Å². The number of benzene rings is 6. The molecule has 658 valence electrons. The molecule has 7 N–H and O–H groups in total. The highest BCUT2D eigenvalue weighted by molar-refractivity contribution is 14.1. The van der Waals surface area contributed by atoms with Crippen LogP contribution < -0.4 is 44.9 Å². The Bertz CT molecular complexity index is 4540. The molecule has 0 aromatic heterocycles. The van der Waals surface area contributed by atoms with Crippen LogP contribution in [-0.2, 0) is 101 Å². The van der Waals surface area contributed by atoms with Gasteiger partial charge in [0.1, 0.15) is 17.2 Å². The van der Waals surface area contributed by atoms with E-state index in [9.17, 15) is 70.8 Å². The van der Waals surface area contributed by atoms with Gasteiger partial charge in [-0.25, -0.2) is 90.4 Å². The normalized spacial score (nSPS) is 12.0. The number of amides is 2. The molecule has 0 aliphatic rings. The van der Waals surface area contributed by atoms with E-state index >= 15 is 0 Å². The van der Waals surface area contributed by atoms with Crippen LogP contribution in [0.4, 0.5) is 31.1 Å².